The third kappa shape index (κ3) is 3.67. The van der Waals surface area contributed by atoms with Gasteiger partial charge in [-0.25, -0.2) is 9.18 Å². The maximum Gasteiger partial charge on any atom is 0.312 e. The first kappa shape index (κ1) is 15.5. The highest BCUT2D eigenvalue weighted by Gasteiger charge is 2.11. The number of primary amides is 1. The average Bonchev–Trinajstić information content (AvgIpc) is 3.02. The molecule has 2 aromatic heterocycles. The average molecular weight is 327 g/mol. The maximum atomic E-state index is 13.0. The van der Waals surface area contributed by atoms with Crippen LogP contribution in [0.1, 0.15) is 5.56 Å². The zero-order valence-electron chi connectivity index (χ0n) is 12.5. The predicted molar refractivity (Wildman–Crippen MR) is 84.7 cm³/mol. The van der Waals surface area contributed by atoms with Crippen molar-refractivity contribution >= 4 is 6.03 Å². The minimum Gasteiger partial charge on any atom is -0.452 e. The summed E-state index contributed by atoms with van der Waals surface area (Å²) in [5.74, 6) is 0.631. The molecule has 3 aromatic rings. The van der Waals surface area contributed by atoms with E-state index in [1.165, 1.54) is 24.5 Å². The molecule has 0 unspecified atom stereocenters. The van der Waals surface area contributed by atoms with Crippen molar-refractivity contribution in [2.45, 2.75) is 6.54 Å². The van der Waals surface area contributed by atoms with Crippen molar-refractivity contribution in [3.05, 3.63) is 60.3 Å². The third-order valence-corrected chi connectivity index (χ3v) is 3.20. The highest BCUT2D eigenvalue weighted by Crippen LogP contribution is 2.31. The van der Waals surface area contributed by atoms with Gasteiger partial charge in [0.15, 0.2) is 5.75 Å². The summed E-state index contributed by atoms with van der Waals surface area (Å²) in [5, 5.41) is 9.27. The van der Waals surface area contributed by atoms with E-state index in [1.807, 2.05) is 0 Å². The summed E-state index contributed by atoms with van der Waals surface area (Å²) in [4.78, 5) is 14.8. The molecule has 122 valence electrons. The summed E-state index contributed by atoms with van der Waals surface area (Å²) in [6.07, 6.45) is 4.65. The fourth-order valence-electron chi connectivity index (χ4n) is 2.11. The molecule has 0 radical (unpaired) electrons. The van der Waals surface area contributed by atoms with Crippen LogP contribution in [0.15, 0.2) is 48.9 Å². The minimum absolute atomic E-state index is 0.246. The van der Waals surface area contributed by atoms with Gasteiger partial charge < -0.3 is 15.8 Å². The first-order valence-electron chi connectivity index (χ1n) is 7.06. The number of hydrogen-bond acceptors (Lipinski definition) is 4. The zero-order valence-corrected chi connectivity index (χ0v) is 12.5. The van der Waals surface area contributed by atoms with E-state index in [2.05, 4.69) is 20.5 Å². The van der Waals surface area contributed by atoms with Crippen LogP contribution in [0.5, 0.6) is 11.5 Å². The number of urea groups is 1. The lowest BCUT2D eigenvalue weighted by atomic mass is 10.1. The number of amides is 2. The van der Waals surface area contributed by atoms with Gasteiger partial charge in [-0.3, -0.25) is 10.1 Å². The van der Waals surface area contributed by atoms with Crippen LogP contribution >= 0.6 is 0 Å². The molecule has 0 saturated heterocycles. The van der Waals surface area contributed by atoms with Crippen LogP contribution in [-0.4, -0.2) is 21.2 Å². The normalized spacial score (nSPS) is 10.4. The fourth-order valence-corrected chi connectivity index (χ4v) is 2.11. The number of hydrogen-bond donors (Lipinski definition) is 3. The number of nitrogens with one attached hydrogen (secondary N) is 2. The first-order chi connectivity index (χ1) is 11.6. The molecule has 0 aliphatic heterocycles. The van der Waals surface area contributed by atoms with Crippen molar-refractivity contribution in [3.63, 3.8) is 0 Å². The maximum absolute atomic E-state index is 13.0. The number of benzene rings is 1. The molecular formula is C16H14FN5O2. The van der Waals surface area contributed by atoms with Crippen LogP contribution in [0.3, 0.4) is 0 Å². The largest absolute Gasteiger partial charge is 0.452 e. The summed E-state index contributed by atoms with van der Waals surface area (Å²) in [5.41, 5.74) is 7.14. The summed E-state index contributed by atoms with van der Waals surface area (Å²) >= 11 is 0. The molecule has 2 heterocycles. The molecule has 0 atom stereocenters. The number of H-pyrrole nitrogens is 1. The number of nitrogens with two attached hydrogens (primary N) is 1. The number of ether oxygens (including phenoxy) is 1. The molecule has 0 bridgehead atoms. The molecule has 0 spiro atoms. The Bertz CT molecular complexity index is 848. The fraction of sp³-hybridized carbons (Fsp3) is 0.0625. The Balaban J connectivity index is 1.80. The monoisotopic (exact) mass is 327 g/mol. The van der Waals surface area contributed by atoms with E-state index in [0.717, 1.165) is 11.1 Å². The predicted octanol–water partition coefficient (Wildman–Crippen LogP) is 2.57. The van der Waals surface area contributed by atoms with E-state index in [-0.39, 0.29) is 12.4 Å². The molecule has 0 aliphatic carbocycles. The Labute approximate surface area is 136 Å². The molecular weight excluding hydrogens is 313 g/mol. The van der Waals surface area contributed by atoms with Crippen molar-refractivity contribution in [2.75, 3.05) is 0 Å². The van der Waals surface area contributed by atoms with Crippen LogP contribution in [0.2, 0.25) is 0 Å². The smallest absolute Gasteiger partial charge is 0.312 e. The molecule has 7 nitrogen and oxygen atoms in total. The second-order valence-corrected chi connectivity index (χ2v) is 4.96. The summed E-state index contributed by atoms with van der Waals surface area (Å²) in [7, 11) is 0. The number of halogens is 1. The van der Waals surface area contributed by atoms with Crippen LogP contribution in [0.4, 0.5) is 9.18 Å². The SMILES string of the molecule is NC(=O)NCc1cncc(Oc2cn[nH]c2-c2ccc(F)cc2)c1. The highest BCUT2D eigenvalue weighted by atomic mass is 19.1. The number of rotatable bonds is 5. The molecule has 0 aliphatic rings. The van der Waals surface area contributed by atoms with Gasteiger partial charge in [0, 0.05) is 18.3 Å². The Hall–Kier alpha value is -3.42. The summed E-state index contributed by atoms with van der Waals surface area (Å²) in [6, 6.07) is 7.08. The van der Waals surface area contributed by atoms with Gasteiger partial charge in [0.25, 0.3) is 0 Å². The van der Waals surface area contributed by atoms with Gasteiger partial charge in [-0.15, -0.1) is 0 Å². The van der Waals surface area contributed by atoms with Gasteiger partial charge >= 0.3 is 6.03 Å². The van der Waals surface area contributed by atoms with Crippen LogP contribution in [0.25, 0.3) is 11.3 Å². The zero-order chi connectivity index (χ0) is 16.9. The summed E-state index contributed by atoms with van der Waals surface area (Å²) in [6.45, 7) is 0.246. The molecule has 0 fully saturated rings. The topological polar surface area (TPSA) is 106 Å². The molecule has 0 saturated carbocycles. The van der Waals surface area contributed by atoms with Crippen molar-refractivity contribution in [3.8, 4) is 22.8 Å². The van der Waals surface area contributed by atoms with E-state index in [1.54, 1.807) is 24.4 Å². The Morgan fingerprint density at radius 2 is 2.04 bits per heavy atom. The van der Waals surface area contributed by atoms with E-state index < -0.39 is 6.03 Å². The molecule has 3 rings (SSSR count). The van der Waals surface area contributed by atoms with Crippen LogP contribution in [0, 0.1) is 5.82 Å². The molecule has 24 heavy (non-hydrogen) atoms. The Morgan fingerprint density at radius 3 is 2.79 bits per heavy atom. The van der Waals surface area contributed by atoms with Crippen molar-refractivity contribution < 1.29 is 13.9 Å². The van der Waals surface area contributed by atoms with Gasteiger partial charge in [0.05, 0.1) is 12.4 Å². The number of aromatic nitrogens is 3. The molecule has 2 amide bonds. The lowest BCUT2D eigenvalue weighted by Gasteiger charge is -2.08. The van der Waals surface area contributed by atoms with Crippen LogP contribution < -0.4 is 15.8 Å². The van der Waals surface area contributed by atoms with E-state index in [0.29, 0.717) is 17.2 Å². The van der Waals surface area contributed by atoms with Crippen molar-refractivity contribution in [1.82, 2.24) is 20.5 Å². The van der Waals surface area contributed by atoms with E-state index in [4.69, 9.17) is 10.5 Å². The Morgan fingerprint density at radius 1 is 1.25 bits per heavy atom. The van der Waals surface area contributed by atoms with Gasteiger partial charge in [0.2, 0.25) is 0 Å². The van der Waals surface area contributed by atoms with Gasteiger partial charge in [-0.1, -0.05) is 0 Å². The number of carbonyl (C=O) groups is 1. The number of pyridine rings is 1. The van der Waals surface area contributed by atoms with Gasteiger partial charge in [-0.2, -0.15) is 5.10 Å². The second-order valence-electron chi connectivity index (χ2n) is 4.96. The minimum atomic E-state index is -0.616. The molecule has 1 aromatic carbocycles. The highest BCUT2D eigenvalue weighted by molar-refractivity contribution is 5.71. The summed E-state index contributed by atoms with van der Waals surface area (Å²) < 4.78 is 18.8. The number of carbonyl (C=O) groups excluding carboxylic acids is 1. The number of nitrogens with zero attached hydrogens (tertiary/aromatic N) is 2. The molecule has 4 N–H and O–H groups in total. The van der Waals surface area contributed by atoms with E-state index >= 15 is 0 Å². The van der Waals surface area contributed by atoms with Crippen molar-refractivity contribution in [2.24, 2.45) is 5.73 Å². The molecule has 8 heteroatoms. The van der Waals surface area contributed by atoms with Crippen molar-refractivity contribution in [1.29, 1.82) is 0 Å². The second kappa shape index (κ2) is 6.78. The van der Waals surface area contributed by atoms with Gasteiger partial charge in [-0.05, 0) is 35.9 Å². The number of aromatic amines is 1. The van der Waals surface area contributed by atoms with Crippen LogP contribution in [-0.2, 0) is 6.54 Å². The third-order valence-electron chi connectivity index (χ3n) is 3.20. The lowest BCUT2D eigenvalue weighted by Crippen LogP contribution is -2.28. The quantitative estimate of drug-likeness (QED) is 0.669. The first-order valence-corrected chi connectivity index (χ1v) is 7.06. The lowest BCUT2D eigenvalue weighted by molar-refractivity contribution is 0.248. The standard InChI is InChI=1S/C16H14FN5O2/c17-12-3-1-11(2-4-12)15-14(9-21-22-15)24-13-5-10(6-19-8-13)7-20-16(18)23/h1-6,8-9H,7H2,(H,21,22)(H3,18,20,23). The van der Waals surface area contributed by atoms with Gasteiger partial charge in [0.1, 0.15) is 17.3 Å². The van der Waals surface area contributed by atoms with E-state index in [9.17, 15) is 9.18 Å². The Kier molecular flexibility index (Phi) is 4.37.